The Kier molecular flexibility index (Phi) is 3.84. The molecule has 1 aromatic carbocycles. The zero-order chi connectivity index (χ0) is 13.1. The van der Waals surface area contributed by atoms with E-state index >= 15 is 0 Å². The van der Waals surface area contributed by atoms with E-state index in [1.54, 1.807) is 13.2 Å². The zero-order valence-electron chi connectivity index (χ0n) is 10.2. The van der Waals surface area contributed by atoms with Crippen LogP contribution < -0.4 is 4.74 Å². The van der Waals surface area contributed by atoms with Gasteiger partial charge < -0.3 is 19.8 Å². The molecule has 0 bridgehead atoms. The van der Waals surface area contributed by atoms with Crippen molar-refractivity contribution >= 4 is 5.91 Å². The first-order chi connectivity index (χ1) is 8.61. The predicted octanol–water partition coefficient (Wildman–Crippen LogP) is -0.198. The number of likely N-dealkylation sites (tertiary alicyclic amines) is 1. The summed E-state index contributed by atoms with van der Waals surface area (Å²) in [6.07, 6.45) is -1.47. The number of methoxy groups -OCH3 is 1. The van der Waals surface area contributed by atoms with Crippen LogP contribution in [0.5, 0.6) is 5.75 Å². The molecule has 5 heteroatoms. The first-order valence-electron chi connectivity index (χ1n) is 5.87. The number of rotatable bonds is 3. The van der Waals surface area contributed by atoms with Gasteiger partial charge in [0.15, 0.2) is 0 Å². The molecule has 2 N–H and O–H groups in total. The van der Waals surface area contributed by atoms with Crippen LogP contribution in [-0.4, -0.2) is 53.4 Å². The lowest BCUT2D eigenvalue weighted by Crippen LogP contribution is -2.31. The molecule has 1 aliphatic rings. The monoisotopic (exact) mass is 251 g/mol. The summed E-state index contributed by atoms with van der Waals surface area (Å²) < 4.78 is 5.18. The molecule has 2 rings (SSSR count). The Bertz CT molecular complexity index is 425. The summed E-state index contributed by atoms with van der Waals surface area (Å²) in [4.78, 5) is 13.5. The number of β-amino-alcohol motifs (C(OH)–C–C–N with tert-alkyl or cyclic N) is 2. The van der Waals surface area contributed by atoms with E-state index in [-0.39, 0.29) is 25.4 Å². The van der Waals surface area contributed by atoms with E-state index in [2.05, 4.69) is 0 Å². The molecule has 0 saturated carbocycles. The second-order valence-electron chi connectivity index (χ2n) is 4.42. The highest BCUT2D eigenvalue weighted by atomic mass is 16.5. The number of carbonyl (C=O) groups is 1. The Morgan fingerprint density at radius 3 is 2.56 bits per heavy atom. The zero-order valence-corrected chi connectivity index (χ0v) is 10.2. The van der Waals surface area contributed by atoms with Crippen molar-refractivity contribution in [1.82, 2.24) is 4.90 Å². The van der Waals surface area contributed by atoms with Gasteiger partial charge in [-0.15, -0.1) is 0 Å². The van der Waals surface area contributed by atoms with Crippen molar-refractivity contribution in [2.45, 2.75) is 18.6 Å². The van der Waals surface area contributed by atoms with Gasteiger partial charge in [-0.05, 0) is 6.07 Å². The number of hydrogen-bond donors (Lipinski definition) is 2. The lowest BCUT2D eigenvalue weighted by Gasteiger charge is -2.16. The summed E-state index contributed by atoms with van der Waals surface area (Å²) in [6, 6.07) is 7.32. The Hall–Kier alpha value is -1.59. The molecule has 18 heavy (non-hydrogen) atoms. The number of hydrogen-bond acceptors (Lipinski definition) is 4. The highest BCUT2D eigenvalue weighted by Gasteiger charge is 2.32. The maximum Gasteiger partial charge on any atom is 0.227 e. The fraction of sp³-hybridized carbons (Fsp3) is 0.462. The molecule has 98 valence electrons. The third kappa shape index (κ3) is 2.63. The molecular weight excluding hydrogens is 234 g/mol. The van der Waals surface area contributed by atoms with Gasteiger partial charge in [-0.25, -0.2) is 0 Å². The maximum absolute atomic E-state index is 12.0. The van der Waals surface area contributed by atoms with Crippen molar-refractivity contribution in [2.24, 2.45) is 0 Å². The third-order valence-electron chi connectivity index (χ3n) is 3.15. The average Bonchev–Trinajstić information content (AvgIpc) is 2.70. The fourth-order valence-corrected chi connectivity index (χ4v) is 2.10. The molecule has 1 fully saturated rings. The Morgan fingerprint density at radius 1 is 1.33 bits per heavy atom. The normalized spacial score (nSPS) is 23.2. The van der Waals surface area contributed by atoms with Crippen molar-refractivity contribution in [3.63, 3.8) is 0 Å². The van der Waals surface area contributed by atoms with Crippen LogP contribution in [0.4, 0.5) is 0 Å². The van der Waals surface area contributed by atoms with Gasteiger partial charge in [-0.1, -0.05) is 18.2 Å². The first kappa shape index (κ1) is 12.9. The number of nitrogens with zero attached hydrogens (tertiary/aromatic N) is 1. The standard InChI is InChI=1S/C13H17NO4/c1-18-12-5-3-2-4-9(12)6-13(17)14-7-10(15)11(16)8-14/h2-5,10-11,15-16H,6-8H2,1H3. The van der Waals surface area contributed by atoms with E-state index in [9.17, 15) is 15.0 Å². The minimum Gasteiger partial charge on any atom is -0.496 e. The van der Waals surface area contributed by atoms with Gasteiger partial charge in [0.1, 0.15) is 5.75 Å². The highest BCUT2D eigenvalue weighted by Crippen LogP contribution is 2.19. The Morgan fingerprint density at radius 2 is 1.94 bits per heavy atom. The average molecular weight is 251 g/mol. The van der Waals surface area contributed by atoms with E-state index < -0.39 is 12.2 Å². The first-order valence-corrected chi connectivity index (χ1v) is 5.87. The lowest BCUT2D eigenvalue weighted by atomic mass is 10.1. The second-order valence-corrected chi connectivity index (χ2v) is 4.42. The van der Waals surface area contributed by atoms with Crippen molar-refractivity contribution in [3.8, 4) is 5.75 Å². The molecule has 1 aromatic rings. The number of para-hydroxylation sites is 1. The van der Waals surface area contributed by atoms with Gasteiger partial charge in [0.05, 0.1) is 25.7 Å². The summed E-state index contributed by atoms with van der Waals surface area (Å²) in [5.41, 5.74) is 0.806. The molecule has 0 aliphatic carbocycles. The number of aliphatic hydroxyl groups excluding tert-OH is 2. The molecule has 0 radical (unpaired) electrons. The molecule has 1 heterocycles. The van der Waals surface area contributed by atoms with E-state index in [0.717, 1.165) is 5.56 Å². The van der Waals surface area contributed by atoms with Crippen molar-refractivity contribution in [2.75, 3.05) is 20.2 Å². The molecule has 2 unspecified atom stereocenters. The van der Waals surface area contributed by atoms with Crippen molar-refractivity contribution in [1.29, 1.82) is 0 Å². The van der Waals surface area contributed by atoms with Gasteiger partial charge in [-0.2, -0.15) is 0 Å². The van der Waals surface area contributed by atoms with Gasteiger partial charge in [-0.3, -0.25) is 4.79 Å². The topological polar surface area (TPSA) is 70.0 Å². The molecule has 2 atom stereocenters. The number of carbonyl (C=O) groups excluding carboxylic acids is 1. The molecule has 0 aromatic heterocycles. The molecular formula is C13H17NO4. The third-order valence-corrected chi connectivity index (χ3v) is 3.15. The summed E-state index contributed by atoms with van der Waals surface area (Å²) in [7, 11) is 1.56. The van der Waals surface area contributed by atoms with Crippen molar-refractivity contribution in [3.05, 3.63) is 29.8 Å². The largest absolute Gasteiger partial charge is 0.496 e. The Labute approximate surface area is 106 Å². The number of ether oxygens (including phenoxy) is 1. The number of amides is 1. The minimum atomic E-state index is -0.841. The fourth-order valence-electron chi connectivity index (χ4n) is 2.10. The molecule has 1 amide bonds. The van der Waals surface area contributed by atoms with E-state index in [0.29, 0.717) is 5.75 Å². The molecule has 1 aliphatic heterocycles. The number of benzene rings is 1. The van der Waals surface area contributed by atoms with E-state index in [1.165, 1.54) is 4.90 Å². The maximum atomic E-state index is 12.0. The summed E-state index contributed by atoms with van der Waals surface area (Å²) in [6.45, 7) is 0.379. The van der Waals surface area contributed by atoms with Crippen LogP contribution in [0.3, 0.4) is 0 Å². The van der Waals surface area contributed by atoms with Crippen LogP contribution in [-0.2, 0) is 11.2 Å². The van der Waals surface area contributed by atoms with Gasteiger partial charge in [0.2, 0.25) is 5.91 Å². The Balaban J connectivity index is 2.03. The van der Waals surface area contributed by atoms with Crippen LogP contribution in [0.1, 0.15) is 5.56 Å². The van der Waals surface area contributed by atoms with Crippen LogP contribution in [0.2, 0.25) is 0 Å². The predicted molar refractivity (Wildman–Crippen MR) is 65.3 cm³/mol. The van der Waals surface area contributed by atoms with Crippen molar-refractivity contribution < 1.29 is 19.7 Å². The van der Waals surface area contributed by atoms with E-state index in [4.69, 9.17) is 4.74 Å². The van der Waals surface area contributed by atoms with Crippen LogP contribution >= 0.6 is 0 Å². The van der Waals surface area contributed by atoms with Crippen LogP contribution in [0.25, 0.3) is 0 Å². The second kappa shape index (κ2) is 5.37. The molecule has 0 spiro atoms. The van der Waals surface area contributed by atoms with Gasteiger partial charge >= 0.3 is 0 Å². The van der Waals surface area contributed by atoms with Crippen LogP contribution in [0.15, 0.2) is 24.3 Å². The highest BCUT2D eigenvalue weighted by molar-refractivity contribution is 5.80. The van der Waals surface area contributed by atoms with Gasteiger partial charge in [0.25, 0.3) is 0 Å². The summed E-state index contributed by atoms with van der Waals surface area (Å²) in [5.74, 6) is 0.557. The summed E-state index contributed by atoms with van der Waals surface area (Å²) in [5, 5.41) is 18.8. The minimum absolute atomic E-state index is 0.116. The lowest BCUT2D eigenvalue weighted by molar-refractivity contribution is -0.130. The van der Waals surface area contributed by atoms with E-state index in [1.807, 2.05) is 18.2 Å². The SMILES string of the molecule is COc1ccccc1CC(=O)N1CC(O)C(O)C1. The molecule has 5 nitrogen and oxygen atoms in total. The quantitative estimate of drug-likeness (QED) is 0.780. The smallest absolute Gasteiger partial charge is 0.227 e. The van der Waals surface area contributed by atoms with Crippen LogP contribution in [0, 0.1) is 0 Å². The van der Waals surface area contributed by atoms with Gasteiger partial charge in [0, 0.05) is 18.7 Å². The number of aliphatic hydroxyl groups is 2. The summed E-state index contributed by atoms with van der Waals surface area (Å²) >= 11 is 0. The molecule has 1 saturated heterocycles.